The molecule has 0 spiro atoms. The number of nitrogens with one attached hydrogen (secondary N) is 4. The van der Waals surface area contributed by atoms with Crippen LogP contribution in [0.5, 0.6) is 0 Å². The predicted octanol–water partition coefficient (Wildman–Crippen LogP) is -0.682. The van der Waals surface area contributed by atoms with Gasteiger partial charge in [0.2, 0.25) is 5.91 Å². The van der Waals surface area contributed by atoms with Gasteiger partial charge in [-0.05, 0) is 13.8 Å². The molecule has 0 aromatic carbocycles. The third-order valence-corrected chi connectivity index (χ3v) is 2.78. The second-order valence-electron chi connectivity index (χ2n) is 5.12. The summed E-state index contributed by atoms with van der Waals surface area (Å²) < 4.78 is 4.98. The summed E-state index contributed by atoms with van der Waals surface area (Å²) in [6, 6.07) is 1.34. The molecule has 11 heteroatoms. The number of esters is 1. The zero-order valence-corrected chi connectivity index (χ0v) is 13.0. The standard InChI is InChI=1S/C13H16N6O5/c1-6(2)24-12(22)8-5-9(18-17-8)14-10(20)4-3-7-11(21)15-13(23)19-16-7/h5-6H,3-4H2,1-2H3,(H2,14,17,18,20)(H2,15,19,21,23). The van der Waals surface area contributed by atoms with E-state index in [0.717, 1.165) is 0 Å². The molecule has 1 amide bonds. The molecule has 4 N–H and O–H groups in total. The molecular formula is C13H16N6O5. The largest absolute Gasteiger partial charge is 0.458 e. The number of carbonyl (C=O) groups is 2. The molecule has 2 aromatic heterocycles. The molecule has 11 nitrogen and oxygen atoms in total. The first-order valence-electron chi connectivity index (χ1n) is 7.09. The number of aromatic nitrogens is 5. The van der Waals surface area contributed by atoms with E-state index < -0.39 is 23.1 Å². The van der Waals surface area contributed by atoms with E-state index in [4.69, 9.17) is 4.74 Å². The van der Waals surface area contributed by atoms with Crippen LogP contribution in [0.2, 0.25) is 0 Å². The quantitative estimate of drug-likeness (QED) is 0.508. The Morgan fingerprint density at radius 2 is 2.00 bits per heavy atom. The summed E-state index contributed by atoms with van der Waals surface area (Å²) in [5, 5.41) is 14.4. The summed E-state index contributed by atoms with van der Waals surface area (Å²) in [7, 11) is 0. The molecule has 0 aliphatic rings. The Morgan fingerprint density at radius 3 is 2.67 bits per heavy atom. The number of aromatic amines is 3. The lowest BCUT2D eigenvalue weighted by Gasteiger charge is -2.05. The van der Waals surface area contributed by atoms with Crippen LogP contribution in [-0.4, -0.2) is 43.4 Å². The Kier molecular flexibility index (Phi) is 5.24. The predicted molar refractivity (Wildman–Crippen MR) is 81.6 cm³/mol. The second kappa shape index (κ2) is 7.35. The van der Waals surface area contributed by atoms with Gasteiger partial charge in [0.15, 0.2) is 5.82 Å². The van der Waals surface area contributed by atoms with Crippen molar-refractivity contribution in [1.29, 1.82) is 0 Å². The topological polar surface area (TPSA) is 163 Å². The van der Waals surface area contributed by atoms with Crippen molar-refractivity contribution < 1.29 is 14.3 Å². The highest BCUT2D eigenvalue weighted by Gasteiger charge is 2.14. The number of ether oxygens (including phenoxy) is 1. The molecular weight excluding hydrogens is 320 g/mol. The number of hydrogen-bond acceptors (Lipinski definition) is 7. The zero-order chi connectivity index (χ0) is 17.7. The number of nitrogens with zero attached hydrogens (tertiary/aromatic N) is 2. The molecule has 0 unspecified atom stereocenters. The Hall–Kier alpha value is -3.24. The van der Waals surface area contributed by atoms with Gasteiger partial charge < -0.3 is 10.1 Å². The highest BCUT2D eigenvalue weighted by molar-refractivity contribution is 5.92. The van der Waals surface area contributed by atoms with E-state index in [2.05, 4.69) is 25.7 Å². The number of hydrogen-bond donors (Lipinski definition) is 4. The first-order chi connectivity index (χ1) is 11.3. The lowest BCUT2D eigenvalue weighted by molar-refractivity contribution is -0.116. The number of H-pyrrole nitrogens is 3. The minimum Gasteiger partial charge on any atom is -0.458 e. The second-order valence-corrected chi connectivity index (χ2v) is 5.12. The first-order valence-corrected chi connectivity index (χ1v) is 7.09. The molecule has 2 rings (SSSR count). The molecule has 24 heavy (non-hydrogen) atoms. The number of amides is 1. The van der Waals surface area contributed by atoms with E-state index >= 15 is 0 Å². The number of rotatable bonds is 6. The van der Waals surface area contributed by atoms with Gasteiger partial charge in [-0.3, -0.25) is 19.7 Å². The van der Waals surface area contributed by atoms with Gasteiger partial charge in [0.05, 0.1) is 6.10 Å². The van der Waals surface area contributed by atoms with Crippen molar-refractivity contribution in [3.63, 3.8) is 0 Å². The van der Waals surface area contributed by atoms with Crippen LogP contribution in [0.1, 0.15) is 36.5 Å². The van der Waals surface area contributed by atoms with Crippen LogP contribution in [0, 0.1) is 0 Å². The smallest absolute Gasteiger partial charge is 0.356 e. The van der Waals surface area contributed by atoms with Crippen molar-refractivity contribution in [1.82, 2.24) is 25.4 Å². The maximum Gasteiger partial charge on any atom is 0.356 e. The average Bonchev–Trinajstić information content (AvgIpc) is 2.94. The van der Waals surface area contributed by atoms with Gasteiger partial charge in [-0.25, -0.2) is 14.7 Å². The third kappa shape index (κ3) is 4.63. The van der Waals surface area contributed by atoms with Crippen molar-refractivity contribution in [2.24, 2.45) is 0 Å². The van der Waals surface area contributed by atoms with Gasteiger partial charge in [-0.15, -0.1) is 0 Å². The average molecular weight is 336 g/mol. The van der Waals surface area contributed by atoms with Crippen molar-refractivity contribution in [3.8, 4) is 0 Å². The summed E-state index contributed by atoms with van der Waals surface area (Å²) in [4.78, 5) is 47.8. The fraction of sp³-hybridized carbons (Fsp3) is 0.385. The summed E-state index contributed by atoms with van der Waals surface area (Å²) in [6.45, 7) is 3.42. The third-order valence-electron chi connectivity index (χ3n) is 2.78. The normalized spacial score (nSPS) is 10.6. The molecule has 0 aliphatic carbocycles. The first kappa shape index (κ1) is 17.1. The van der Waals surface area contributed by atoms with Gasteiger partial charge in [-0.1, -0.05) is 0 Å². The monoisotopic (exact) mass is 336 g/mol. The molecule has 0 radical (unpaired) electrons. The van der Waals surface area contributed by atoms with Crippen LogP contribution in [0.25, 0.3) is 0 Å². The fourth-order valence-electron chi connectivity index (χ4n) is 1.75. The van der Waals surface area contributed by atoms with E-state index in [0.29, 0.717) is 0 Å². The Labute approximate surface area is 134 Å². The van der Waals surface area contributed by atoms with Crippen molar-refractivity contribution in [2.45, 2.75) is 32.8 Å². The summed E-state index contributed by atoms with van der Waals surface area (Å²) in [5.74, 6) is -0.862. The Balaban J connectivity index is 1.91. The molecule has 2 aromatic rings. The molecule has 0 saturated heterocycles. The molecule has 0 aliphatic heterocycles. The van der Waals surface area contributed by atoms with Crippen LogP contribution < -0.4 is 16.6 Å². The van der Waals surface area contributed by atoms with Gasteiger partial charge in [-0.2, -0.15) is 10.2 Å². The van der Waals surface area contributed by atoms with E-state index in [1.165, 1.54) is 6.07 Å². The molecule has 0 atom stereocenters. The van der Waals surface area contributed by atoms with Crippen LogP contribution in [-0.2, 0) is 16.0 Å². The summed E-state index contributed by atoms with van der Waals surface area (Å²) in [5.41, 5.74) is -1.22. The maximum atomic E-state index is 11.8. The number of anilines is 1. The highest BCUT2D eigenvalue weighted by atomic mass is 16.5. The fourth-order valence-corrected chi connectivity index (χ4v) is 1.75. The molecule has 0 saturated carbocycles. The lowest BCUT2D eigenvalue weighted by Crippen LogP contribution is -2.28. The minimum atomic E-state index is -0.717. The van der Waals surface area contributed by atoms with Gasteiger partial charge in [0.25, 0.3) is 5.56 Å². The SMILES string of the molecule is CC(C)OC(=O)c1cc(NC(=O)CCc2n[nH]c(=O)[nH]c2=O)n[nH]1. The number of aryl methyl sites for hydroxylation is 1. The van der Waals surface area contributed by atoms with Crippen LogP contribution in [0.15, 0.2) is 15.7 Å². The van der Waals surface area contributed by atoms with Gasteiger partial charge in [0, 0.05) is 18.9 Å². The van der Waals surface area contributed by atoms with E-state index in [9.17, 15) is 19.2 Å². The molecule has 2 heterocycles. The van der Waals surface area contributed by atoms with Crippen LogP contribution >= 0.6 is 0 Å². The lowest BCUT2D eigenvalue weighted by atomic mass is 10.2. The summed E-state index contributed by atoms with van der Waals surface area (Å²) in [6.07, 6.45) is -0.299. The van der Waals surface area contributed by atoms with Crippen LogP contribution in [0.4, 0.5) is 5.82 Å². The van der Waals surface area contributed by atoms with Gasteiger partial charge in [0.1, 0.15) is 11.4 Å². The highest BCUT2D eigenvalue weighted by Crippen LogP contribution is 2.08. The number of carbonyl (C=O) groups excluding carboxylic acids is 2. The van der Waals surface area contributed by atoms with E-state index in [1.54, 1.807) is 13.8 Å². The van der Waals surface area contributed by atoms with E-state index in [-0.39, 0.29) is 36.2 Å². The van der Waals surface area contributed by atoms with Crippen molar-refractivity contribution >= 4 is 17.7 Å². The Morgan fingerprint density at radius 1 is 1.25 bits per heavy atom. The van der Waals surface area contributed by atoms with Gasteiger partial charge >= 0.3 is 11.7 Å². The van der Waals surface area contributed by atoms with Crippen molar-refractivity contribution in [2.75, 3.05) is 5.32 Å². The zero-order valence-electron chi connectivity index (χ0n) is 13.0. The summed E-state index contributed by atoms with van der Waals surface area (Å²) >= 11 is 0. The van der Waals surface area contributed by atoms with E-state index in [1.807, 2.05) is 4.98 Å². The van der Waals surface area contributed by atoms with Crippen LogP contribution in [0.3, 0.4) is 0 Å². The molecule has 0 bridgehead atoms. The minimum absolute atomic E-state index is 0.0324. The Bertz CT molecular complexity index is 849. The molecule has 0 fully saturated rings. The van der Waals surface area contributed by atoms with Crippen molar-refractivity contribution in [3.05, 3.63) is 38.3 Å². The maximum absolute atomic E-state index is 11.8. The molecule has 128 valence electrons.